The van der Waals surface area contributed by atoms with Crippen LogP contribution in [-0.4, -0.2) is 35.0 Å². The van der Waals surface area contributed by atoms with Gasteiger partial charge in [0, 0.05) is 0 Å². The van der Waals surface area contributed by atoms with Crippen molar-refractivity contribution < 1.29 is 14.7 Å². The number of thiophene rings is 1. The molecule has 6 heteroatoms. The summed E-state index contributed by atoms with van der Waals surface area (Å²) in [5, 5.41) is 15.3. The lowest BCUT2D eigenvalue weighted by molar-refractivity contribution is -0.141. The molecule has 1 atom stereocenters. The highest BCUT2D eigenvalue weighted by molar-refractivity contribution is 7.98. The van der Waals surface area contributed by atoms with Gasteiger partial charge in [-0.15, -0.1) is 0 Å². The van der Waals surface area contributed by atoms with E-state index in [2.05, 4.69) is 5.32 Å². The average Bonchev–Trinajstić information content (AvgIpc) is 2.76. The second-order valence-corrected chi connectivity index (χ2v) is 5.31. The van der Waals surface area contributed by atoms with Crippen LogP contribution in [0.15, 0.2) is 16.8 Å². The second kappa shape index (κ2) is 7.34. The first-order valence-corrected chi connectivity index (χ1v) is 7.49. The summed E-state index contributed by atoms with van der Waals surface area (Å²) in [6.45, 7) is 0. The molecule has 0 aliphatic rings. The van der Waals surface area contributed by atoms with Crippen LogP contribution in [0.25, 0.3) is 0 Å². The van der Waals surface area contributed by atoms with Gasteiger partial charge in [0.05, 0.1) is 6.42 Å². The van der Waals surface area contributed by atoms with E-state index in [1.54, 1.807) is 11.8 Å². The summed E-state index contributed by atoms with van der Waals surface area (Å²) in [7, 11) is 0. The molecular weight excluding hydrogens is 258 g/mol. The van der Waals surface area contributed by atoms with Crippen LogP contribution in [0.3, 0.4) is 0 Å². The van der Waals surface area contributed by atoms with Crippen molar-refractivity contribution in [2.24, 2.45) is 0 Å². The van der Waals surface area contributed by atoms with Gasteiger partial charge in [0.2, 0.25) is 5.91 Å². The number of carboxylic acid groups (broad SMARTS) is 1. The Hall–Kier alpha value is -1.01. The molecule has 1 heterocycles. The smallest absolute Gasteiger partial charge is 0.326 e. The van der Waals surface area contributed by atoms with Gasteiger partial charge in [-0.25, -0.2) is 4.79 Å². The zero-order valence-electron chi connectivity index (χ0n) is 9.51. The van der Waals surface area contributed by atoms with E-state index in [9.17, 15) is 9.59 Å². The molecule has 0 bridgehead atoms. The lowest BCUT2D eigenvalue weighted by atomic mass is 10.2. The Morgan fingerprint density at radius 3 is 2.88 bits per heavy atom. The van der Waals surface area contributed by atoms with E-state index in [1.807, 2.05) is 23.1 Å². The molecule has 0 radical (unpaired) electrons. The predicted molar refractivity (Wildman–Crippen MR) is 70.6 cm³/mol. The number of aliphatic carboxylic acids is 1. The van der Waals surface area contributed by atoms with Crippen LogP contribution in [0.5, 0.6) is 0 Å². The van der Waals surface area contributed by atoms with Crippen LogP contribution in [0, 0.1) is 0 Å². The standard InChI is InChI=1S/C11H15NO3S2/c1-16-4-3-9(11(14)15)12-10(13)6-8-2-5-17-7-8/h2,5,7,9H,3-4,6H2,1H3,(H,12,13)(H,14,15)/t9-/m0/s1. The highest BCUT2D eigenvalue weighted by Crippen LogP contribution is 2.07. The molecule has 0 aliphatic carbocycles. The summed E-state index contributed by atoms with van der Waals surface area (Å²) in [6.07, 6.45) is 2.60. The SMILES string of the molecule is CSCC[C@H](NC(=O)Cc1ccsc1)C(=O)O. The Morgan fingerprint density at radius 1 is 1.59 bits per heavy atom. The molecule has 2 N–H and O–H groups in total. The number of nitrogens with one attached hydrogen (secondary N) is 1. The predicted octanol–water partition coefficient (Wildman–Crippen LogP) is 1.61. The van der Waals surface area contributed by atoms with Crippen molar-refractivity contribution in [1.82, 2.24) is 5.32 Å². The van der Waals surface area contributed by atoms with Crippen molar-refractivity contribution in [1.29, 1.82) is 0 Å². The van der Waals surface area contributed by atoms with Crippen LogP contribution < -0.4 is 5.32 Å². The zero-order chi connectivity index (χ0) is 12.7. The number of hydrogen-bond donors (Lipinski definition) is 2. The van der Waals surface area contributed by atoms with Crippen molar-refractivity contribution in [2.75, 3.05) is 12.0 Å². The summed E-state index contributed by atoms with van der Waals surface area (Å²) >= 11 is 3.09. The number of carbonyl (C=O) groups is 2. The third kappa shape index (κ3) is 5.23. The first kappa shape index (κ1) is 14.1. The molecule has 0 fully saturated rings. The van der Waals surface area contributed by atoms with Crippen LogP contribution in [0.2, 0.25) is 0 Å². The molecule has 0 aromatic carbocycles. The normalized spacial score (nSPS) is 12.1. The van der Waals surface area contributed by atoms with E-state index in [0.29, 0.717) is 6.42 Å². The third-order valence-electron chi connectivity index (χ3n) is 2.19. The first-order chi connectivity index (χ1) is 8.13. The maximum Gasteiger partial charge on any atom is 0.326 e. The highest BCUT2D eigenvalue weighted by atomic mass is 32.2. The quantitative estimate of drug-likeness (QED) is 0.792. The lowest BCUT2D eigenvalue weighted by Gasteiger charge is -2.13. The maximum atomic E-state index is 11.6. The summed E-state index contributed by atoms with van der Waals surface area (Å²) in [5.74, 6) is -0.495. The van der Waals surface area contributed by atoms with E-state index in [4.69, 9.17) is 5.11 Å². The van der Waals surface area contributed by atoms with E-state index in [1.165, 1.54) is 11.3 Å². The fourth-order valence-corrected chi connectivity index (χ4v) is 2.46. The molecule has 94 valence electrons. The number of hydrogen-bond acceptors (Lipinski definition) is 4. The Kier molecular flexibility index (Phi) is 6.07. The van der Waals surface area contributed by atoms with Gasteiger partial charge in [-0.05, 0) is 40.8 Å². The number of rotatable bonds is 7. The molecule has 0 aliphatic heterocycles. The van der Waals surface area contributed by atoms with E-state index < -0.39 is 12.0 Å². The van der Waals surface area contributed by atoms with Crippen molar-refractivity contribution in [3.63, 3.8) is 0 Å². The van der Waals surface area contributed by atoms with Crippen molar-refractivity contribution in [3.05, 3.63) is 22.4 Å². The van der Waals surface area contributed by atoms with Crippen LogP contribution in [0.4, 0.5) is 0 Å². The Bertz CT molecular complexity index is 365. The van der Waals surface area contributed by atoms with Gasteiger partial charge in [0.15, 0.2) is 0 Å². The number of amides is 1. The van der Waals surface area contributed by atoms with Crippen LogP contribution in [-0.2, 0) is 16.0 Å². The number of carboxylic acids is 1. The van der Waals surface area contributed by atoms with Crippen molar-refractivity contribution >= 4 is 35.0 Å². The van der Waals surface area contributed by atoms with Gasteiger partial charge in [-0.2, -0.15) is 23.1 Å². The molecule has 0 spiro atoms. The van der Waals surface area contributed by atoms with Gasteiger partial charge in [0.1, 0.15) is 6.04 Å². The summed E-state index contributed by atoms with van der Waals surface area (Å²) < 4.78 is 0. The van der Waals surface area contributed by atoms with E-state index in [-0.39, 0.29) is 12.3 Å². The molecule has 17 heavy (non-hydrogen) atoms. The molecule has 1 aromatic rings. The molecule has 0 saturated carbocycles. The van der Waals surface area contributed by atoms with E-state index >= 15 is 0 Å². The Labute approximate surface area is 108 Å². The molecule has 0 unspecified atom stereocenters. The minimum atomic E-state index is -0.974. The molecular formula is C11H15NO3S2. The van der Waals surface area contributed by atoms with Gasteiger partial charge < -0.3 is 10.4 Å². The lowest BCUT2D eigenvalue weighted by Crippen LogP contribution is -2.41. The number of thioether (sulfide) groups is 1. The minimum Gasteiger partial charge on any atom is -0.480 e. The van der Waals surface area contributed by atoms with Crippen molar-refractivity contribution in [2.45, 2.75) is 18.9 Å². The van der Waals surface area contributed by atoms with Gasteiger partial charge in [-0.1, -0.05) is 0 Å². The number of carbonyl (C=O) groups excluding carboxylic acids is 1. The van der Waals surface area contributed by atoms with Gasteiger partial charge in [0.25, 0.3) is 0 Å². The molecule has 4 nitrogen and oxygen atoms in total. The zero-order valence-corrected chi connectivity index (χ0v) is 11.1. The minimum absolute atomic E-state index is 0.239. The maximum absolute atomic E-state index is 11.6. The van der Waals surface area contributed by atoms with E-state index in [0.717, 1.165) is 11.3 Å². The Morgan fingerprint density at radius 2 is 2.35 bits per heavy atom. The highest BCUT2D eigenvalue weighted by Gasteiger charge is 2.19. The summed E-state index contributed by atoms with van der Waals surface area (Å²) in [6, 6.07) is 1.08. The fourth-order valence-electron chi connectivity index (χ4n) is 1.32. The third-order valence-corrected chi connectivity index (χ3v) is 3.56. The largest absolute Gasteiger partial charge is 0.480 e. The van der Waals surface area contributed by atoms with Crippen LogP contribution in [0.1, 0.15) is 12.0 Å². The second-order valence-electron chi connectivity index (χ2n) is 3.55. The molecule has 1 amide bonds. The molecule has 0 saturated heterocycles. The first-order valence-electron chi connectivity index (χ1n) is 5.15. The Balaban J connectivity index is 2.43. The molecule has 1 aromatic heterocycles. The monoisotopic (exact) mass is 273 g/mol. The summed E-state index contributed by atoms with van der Waals surface area (Å²) in [4.78, 5) is 22.5. The van der Waals surface area contributed by atoms with Crippen molar-refractivity contribution in [3.8, 4) is 0 Å². The summed E-state index contributed by atoms with van der Waals surface area (Å²) in [5.41, 5.74) is 0.918. The molecule has 1 rings (SSSR count). The van der Waals surface area contributed by atoms with Gasteiger partial charge in [-0.3, -0.25) is 4.79 Å². The van der Waals surface area contributed by atoms with Crippen LogP contribution >= 0.6 is 23.1 Å². The average molecular weight is 273 g/mol. The van der Waals surface area contributed by atoms with Gasteiger partial charge >= 0.3 is 5.97 Å². The fraction of sp³-hybridized carbons (Fsp3) is 0.455. The topological polar surface area (TPSA) is 66.4 Å².